The van der Waals surface area contributed by atoms with E-state index in [1.165, 1.54) is 16.7 Å². The van der Waals surface area contributed by atoms with Gasteiger partial charge in [0.05, 0.1) is 5.69 Å². The summed E-state index contributed by atoms with van der Waals surface area (Å²) in [4.78, 5) is 4.71. The number of allylic oxidation sites excluding steroid dienone is 2. The van der Waals surface area contributed by atoms with Crippen LogP contribution in [0.1, 0.15) is 29.5 Å². The number of para-hydroxylation sites is 1. The largest absolute Gasteiger partial charge is 0.260 e. The third-order valence-electron chi connectivity index (χ3n) is 5.08. The van der Waals surface area contributed by atoms with E-state index in [0.717, 1.165) is 18.5 Å². The van der Waals surface area contributed by atoms with E-state index < -0.39 is 0 Å². The van der Waals surface area contributed by atoms with Gasteiger partial charge < -0.3 is 0 Å². The lowest BCUT2D eigenvalue weighted by atomic mass is 9.76. The van der Waals surface area contributed by atoms with Crippen molar-refractivity contribution in [1.29, 1.82) is 0 Å². The summed E-state index contributed by atoms with van der Waals surface area (Å²) in [5, 5.41) is 0. The molecule has 0 fully saturated rings. The first-order chi connectivity index (χ1) is 13.4. The molecule has 0 bridgehead atoms. The molecule has 0 spiro atoms. The first-order valence-electron chi connectivity index (χ1n) is 9.44. The first kappa shape index (κ1) is 17.2. The van der Waals surface area contributed by atoms with E-state index in [1.54, 1.807) is 0 Å². The zero-order valence-corrected chi connectivity index (χ0v) is 15.3. The normalized spacial score (nSPS) is 14.8. The van der Waals surface area contributed by atoms with Crippen LogP contribution in [0.25, 0.3) is 12.2 Å². The Morgan fingerprint density at radius 1 is 0.630 bits per heavy atom. The van der Waals surface area contributed by atoms with Crippen LogP contribution in [0.2, 0.25) is 0 Å². The lowest BCUT2D eigenvalue weighted by Gasteiger charge is -2.25. The minimum Gasteiger partial charge on any atom is -0.260 e. The van der Waals surface area contributed by atoms with Gasteiger partial charge in [0.25, 0.3) is 0 Å². The highest BCUT2D eigenvalue weighted by molar-refractivity contribution is 5.86. The Morgan fingerprint density at radius 2 is 1.15 bits per heavy atom. The highest BCUT2D eigenvalue weighted by atomic mass is 14.8. The third-order valence-corrected chi connectivity index (χ3v) is 5.08. The number of hydrogen-bond acceptors (Lipinski definition) is 1. The minimum atomic E-state index is -0.0762. The molecule has 0 saturated heterocycles. The number of hydrogen-bond donors (Lipinski definition) is 0. The second-order valence-electron chi connectivity index (χ2n) is 6.97. The van der Waals surface area contributed by atoms with Gasteiger partial charge in [-0.1, -0.05) is 103 Å². The molecule has 1 aliphatic heterocycles. The Kier molecular flexibility index (Phi) is 5.11. The van der Waals surface area contributed by atoms with Crippen LogP contribution < -0.4 is 0 Å². The summed E-state index contributed by atoms with van der Waals surface area (Å²) in [5.41, 5.74) is 4.80. The van der Waals surface area contributed by atoms with Gasteiger partial charge in [0.15, 0.2) is 0 Å². The number of nitrogens with zero attached hydrogens (tertiary/aromatic N) is 1. The third kappa shape index (κ3) is 3.98. The van der Waals surface area contributed by atoms with E-state index in [2.05, 4.69) is 103 Å². The smallest absolute Gasteiger partial charge is 0.0667 e. The molecule has 0 amide bonds. The van der Waals surface area contributed by atoms with Crippen LogP contribution in [0.15, 0.2) is 102 Å². The monoisotopic (exact) mass is 349 g/mol. The molecule has 0 saturated carbocycles. The van der Waals surface area contributed by atoms with E-state index in [0.29, 0.717) is 0 Å². The number of benzene rings is 3. The molecule has 0 aliphatic carbocycles. The van der Waals surface area contributed by atoms with E-state index >= 15 is 0 Å². The molecular weight excluding hydrogens is 326 g/mol. The van der Waals surface area contributed by atoms with Crippen molar-refractivity contribution < 1.29 is 0 Å². The van der Waals surface area contributed by atoms with Gasteiger partial charge in [0.2, 0.25) is 0 Å². The summed E-state index contributed by atoms with van der Waals surface area (Å²) in [6.45, 7) is 0. The van der Waals surface area contributed by atoms with Crippen molar-refractivity contribution in [3.63, 3.8) is 0 Å². The summed E-state index contributed by atoms with van der Waals surface area (Å²) in [6.07, 6.45) is 13.0. The quantitative estimate of drug-likeness (QED) is 0.461. The number of aliphatic imine (C=N–C) groups is 1. The van der Waals surface area contributed by atoms with E-state index in [4.69, 9.17) is 4.99 Å². The van der Waals surface area contributed by atoms with Crippen molar-refractivity contribution in [2.45, 2.75) is 18.3 Å². The van der Waals surface area contributed by atoms with Gasteiger partial charge >= 0.3 is 0 Å². The van der Waals surface area contributed by atoms with Crippen molar-refractivity contribution in [3.8, 4) is 0 Å². The molecule has 3 aromatic carbocycles. The number of fused-ring (bicyclic) bond motifs is 1. The highest BCUT2D eigenvalue weighted by Crippen LogP contribution is 2.42. The maximum atomic E-state index is 4.71. The predicted octanol–water partition coefficient (Wildman–Crippen LogP) is 6.85. The molecule has 3 aromatic rings. The predicted molar refractivity (Wildman–Crippen MR) is 116 cm³/mol. The Bertz CT molecular complexity index is 914. The van der Waals surface area contributed by atoms with Crippen molar-refractivity contribution in [3.05, 3.63) is 114 Å². The molecule has 0 aromatic heterocycles. The van der Waals surface area contributed by atoms with Crippen LogP contribution >= 0.6 is 0 Å². The highest BCUT2D eigenvalue weighted by Gasteiger charge is 2.33. The van der Waals surface area contributed by atoms with E-state index in [1.807, 2.05) is 12.1 Å². The maximum Gasteiger partial charge on any atom is 0.0667 e. The minimum absolute atomic E-state index is 0.0762. The molecule has 0 atom stereocenters. The molecule has 1 heterocycles. The van der Waals surface area contributed by atoms with Crippen LogP contribution in [0, 0.1) is 0 Å². The molecule has 0 radical (unpaired) electrons. The van der Waals surface area contributed by atoms with Gasteiger partial charge in [-0.15, -0.1) is 0 Å². The average molecular weight is 349 g/mol. The Labute approximate surface area is 161 Å². The van der Waals surface area contributed by atoms with Crippen LogP contribution in [0.5, 0.6) is 0 Å². The lowest BCUT2D eigenvalue weighted by Crippen LogP contribution is -2.24. The Morgan fingerprint density at radius 3 is 1.74 bits per heavy atom. The maximum absolute atomic E-state index is 4.71. The van der Waals surface area contributed by atoms with Gasteiger partial charge in [-0.05, 0) is 35.6 Å². The van der Waals surface area contributed by atoms with Crippen LogP contribution in [-0.2, 0) is 5.41 Å². The molecule has 1 aliphatic rings. The molecule has 27 heavy (non-hydrogen) atoms. The Balaban J connectivity index is 1.58. The molecule has 1 nitrogen and oxygen atoms in total. The zero-order valence-electron chi connectivity index (χ0n) is 15.3. The Hall–Kier alpha value is -3.19. The molecule has 4 rings (SSSR count). The summed E-state index contributed by atoms with van der Waals surface area (Å²) in [5.74, 6) is 0. The van der Waals surface area contributed by atoms with Crippen molar-refractivity contribution in [2.24, 2.45) is 4.99 Å². The fourth-order valence-corrected chi connectivity index (χ4v) is 3.62. The van der Waals surface area contributed by atoms with Gasteiger partial charge in [-0.2, -0.15) is 0 Å². The zero-order chi connectivity index (χ0) is 18.4. The molecule has 0 unspecified atom stereocenters. The van der Waals surface area contributed by atoms with Crippen molar-refractivity contribution in [2.75, 3.05) is 0 Å². The van der Waals surface area contributed by atoms with Gasteiger partial charge in [0, 0.05) is 11.6 Å². The standard InChI is InChI=1S/C26H23N/c1-3-11-22(12-4-1)15-9-19-26(20-10-16-23-13-5-2-6-14-23)21-27-25-18-8-7-17-24(25)26/h1-18,21H,19-20H2/b15-9+,16-10+. The summed E-state index contributed by atoms with van der Waals surface area (Å²) in [6, 6.07) is 29.4. The SMILES string of the molecule is C1=Nc2ccccc2C1(C/C=C/c1ccccc1)C/C=C/c1ccccc1. The lowest BCUT2D eigenvalue weighted by molar-refractivity contribution is 0.618. The first-order valence-corrected chi connectivity index (χ1v) is 9.44. The van der Waals surface area contributed by atoms with Crippen molar-refractivity contribution >= 4 is 24.1 Å². The van der Waals surface area contributed by atoms with Gasteiger partial charge in [-0.3, -0.25) is 4.99 Å². The van der Waals surface area contributed by atoms with Crippen LogP contribution in [0.4, 0.5) is 5.69 Å². The second-order valence-corrected chi connectivity index (χ2v) is 6.97. The van der Waals surface area contributed by atoms with Gasteiger partial charge in [-0.25, -0.2) is 0 Å². The summed E-state index contributed by atoms with van der Waals surface area (Å²) < 4.78 is 0. The summed E-state index contributed by atoms with van der Waals surface area (Å²) >= 11 is 0. The molecule has 1 heteroatoms. The van der Waals surface area contributed by atoms with E-state index in [9.17, 15) is 0 Å². The molecular formula is C26H23N. The second kappa shape index (κ2) is 8.01. The fourth-order valence-electron chi connectivity index (χ4n) is 3.62. The molecule has 132 valence electrons. The van der Waals surface area contributed by atoms with Crippen LogP contribution in [0.3, 0.4) is 0 Å². The average Bonchev–Trinajstić information content (AvgIpc) is 3.09. The van der Waals surface area contributed by atoms with E-state index in [-0.39, 0.29) is 5.41 Å². The van der Waals surface area contributed by atoms with Gasteiger partial charge in [0.1, 0.15) is 0 Å². The molecule has 0 N–H and O–H groups in total. The topological polar surface area (TPSA) is 12.4 Å². The van der Waals surface area contributed by atoms with Crippen LogP contribution in [-0.4, -0.2) is 6.21 Å². The fraction of sp³-hybridized carbons (Fsp3) is 0.115. The van der Waals surface area contributed by atoms with Crippen molar-refractivity contribution in [1.82, 2.24) is 0 Å². The summed E-state index contributed by atoms with van der Waals surface area (Å²) in [7, 11) is 0. The number of rotatable bonds is 6.